The molecular weight excluding hydrogens is 338 g/mol. The normalized spacial score (nSPS) is 10.6. The van der Waals surface area contributed by atoms with Gasteiger partial charge in [0, 0.05) is 47.0 Å². The van der Waals surface area contributed by atoms with Crippen LogP contribution in [0.25, 0.3) is 28.1 Å². The molecule has 5 nitrogen and oxygen atoms in total. The zero-order chi connectivity index (χ0) is 18.6. The smallest absolute Gasteiger partial charge is 0.263 e. The van der Waals surface area contributed by atoms with Crippen LogP contribution < -0.4 is 10.3 Å². The van der Waals surface area contributed by atoms with E-state index in [9.17, 15) is 4.79 Å². The van der Waals surface area contributed by atoms with E-state index >= 15 is 0 Å². The molecule has 0 N–H and O–H groups in total. The minimum Gasteiger partial charge on any atom is -0.481 e. The molecule has 0 aliphatic rings. The topological polar surface area (TPSA) is 57.0 Å². The number of aromatic nitrogens is 3. The van der Waals surface area contributed by atoms with Crippen LogP contribution in [0.4, 0.5) is 0 Å². The van der Waals surface area contributed by atoms with Crippen LogP contribution in [-0.4, -0.2) is 21.6 Å². The number of pyridine rings is 3. The fourth-order valence-corrected chi connectivity index (χ4v) is 2.90. The summed E-state index contributed by atoms with van der Waals surface area (Å²) >= 11 is 0. The molecule has 0 radical (unpaired) electrons. The number of para-hydroxylation sites is 1. The molecule has 3 aromatic heterocycles. The van der Waals surface area contributed by atoms with Gasteiger partial charge in [0.05, 0.1) is 12.8 Å². The molecule has 5 heteroatoms. The maximum atomic E-state index is 13.2. The minimum absolute atomic E-state index is 0.118. The SMILES string of the molecule is COc1ccc(-c2cc(-c3ccccn3)cn(-c3ccccc3)c2=O)cn1. The van der Waals surface area contributed by atoms with E-state index in [1.54, 1.807) is 30.1 Å². The molecule has 0 unspecified atom stereocenters. The standard InChI is InChI=1S/C22H17N3O2/c1-27-21-11-10-16(14-24-21)19-13-17(20-9-5-6-12-23-20)15-25(22(19)26)18-7-3-2-4-8-18/h2-15H,1H3. The molecule has 0 bridgehead atoms. The molecule has 27 heavy (non-hydrogen) atoms. The Morgan fingerprint density at radius 2 is 1.70 bits per heavy atom. The highest BCUT2D eigenvalue weighted by atomic mass is 16.5. The van der Waals surface area contributed by atoms with Crippen molar-refractivity contribution < 1.29 is 4.74 Å². The zero-order valence-corrected chi connectivity index (χ0v) is 14.7. The lowest BCUT2D eigenvalue weighted by molar-refractivity contribution is 0.398. The Labute approximate surface area is 156 Å². The van der Waals surface area contributed by atoms with Gasteiger partial charge < -0.3 is 4.74 Å². The summed E-state index contributed by atoms with van der Waals surface area (Å²) in [6, 6.07) is 20.7. The lowest BCUT2D eigenvalue weighted by atomic mass is 10.1. The first-order chi connectivity index (χ1) is 13.3. The highest BCUT2D eigenvalue weighted by Crippen LogP contribution is 2.24. The molecule has 0 saturated carbocycles. The number of methoxy groups -OCH3 is 1. The van der Waals surface area contributed by atoms with Gasteiger partial charge in [0.2, 0.25) is 5.88 Å². The van der Waals surface area contributed by atoms with Crippen molar-refractivity contribution in [2.75, 3.05) is 7.11 Å². The van der Waals surface area contributed by atoms with E-state index < -0.39 is 0 Å². The van der Waals surface area contributed by atoms with Gasteiger partial charge in [-0.05, 0) is 36.4 Å². The molecular formula is C22H17N3O2. The Kier molecular flexibility index (Phi) is 4.49. The molecule has 3 heterocycles. The summed E-state index contributed by atoms with van der Waals surface area (Å²) in [6.07, 6.45) is 5.20. The largest absolute Gasteiger partial charge is 0.481 e. The van der Waals surface area contributed by atoms with E-state index in [1.807, 2.05) is 66.9 Å². The first kappa shape index (κ1) is 16.7. The van der Waals surface area contributed by atoms with Crippen LogP contribution in [0.15, 0.2) is 90.1 Å². The summed E-state index contributed by atoms with van der Waals surface area (Å²) in [7, 11) is 1.56. The van der Waals surface area contributed by atoms with E-state index in [4.69, 9.17) is 4.74 Å². The summed E-state index contributed by atoms with van der Waals surface area (Å²) < 4.78 is 6.76. The summed E-state index contributed by atoms with van der Waals surface area (Å²) in [5, 5.41) is 0. The molecule has 132 valence electrons. The molecule has 4 rings (SSSR count). The summed E-state index contributed by atoms with van der Waals surface area (Å²) in [5.74, 6) is 0.503. The van der Waals surface area contributed by atoms with Crippen molar-refractivity contribution in [1.29, 1.82) is 0 Å². The first-order valence-corrected chi connectivity index (χ1v) is 8.50. The zero-order valence-electron chi connectivity index (χ0n) is 14.7. The van der Waals surface area contributed by atoms with Crippen molar-refractivity contribution in [3.05, 3.63) is 95.7 Å². The second-order valence-corrected chi connectivity index (χ2v) is 5.96. The second-order valence-electron chi connectivity index (χ2n) is 5.96. The molecule has 0 fully saturated rings. The van der Waals surface area contributed by atoms with E-state index in [0.717, 1.165) is 22.5 Å². The van der Waals surface area contributed by atoms with Crippen LogP contribution in [0.1, 0.15) is 0 Å². The van der Waals surface area contributed by atoms with E-state index in [2.05, 4.69) is 9.97 Å². The van der Waals surface area contributed by atoms with Gasteiger partial charge in [0.1, 0.15) is 0 Å². The number of nitrogens with zero attached hydrogens (tertiary/aromatic N) is 3. The highest BCUT2D eigenvalue weighted by molar-refractivity contribution is 5.70. The summed E-state index contributed by atoms with van der Waals surface area (Å²) in [5.41, 5.74) is 3.60. The molecule has 0 atom stereocenters. The van der Waals surface area contributed by atoms with Crippen LogP contribution in [0.3, 0.4) is 0 Å². The van der Waals surface area contributed by atoms with Crippen LogP contribution in [0.2, 0.25) is 0 Å². The maximum Gasteiger partial charge on any atom is 0.263 e. The molecule has 0 saturated heterocycles. The Bertz CT molecular complexity index is 1110. The highest BCUT2D eigenvalue weighted by Gasteiger charge is 2.12. The second kappa shape index (κ2) is 7.25. The van der Waals surface area contributed by atoms with E-state index in [1.165, 1.54) is 0 Å². The Balaban J connectivity index is 1.95. The van der Waals surface area contributed by atoms with Gasteiger partial charge in [-0.1, -0.05) is 24.3 Å². The summed E-state index contributed by atoms with van der Waals surface area (Å²) in [6.45, 7) is 0. The monoisotopic (exact) mass is 355 g/mol. The van der Waals surface area contributed by atoms with Gasteiger partial charge in [-0.2, -0.15) is 0 Å². The summed E-state index contributed by atoms with van der Waals surface area (Å²) in [4.78, 5) is 21.8. The van der Waals surface area contributed by atoms with Gasteiger partial charge in [0.15, 0.2) is 0 Å². The maximum absolute atomic E-state index is 13.2. The number of hydrogen-bond acceptors (Lipinski definition) is 4. The molecule has 1 aromatic carbocycles. The van der Waals surface area contributed by atoms with Crippen LogP contribution >= 0.6 is 0 Å². The van der Waals surface area contributed by atoms with Crippen LogP contribution in [0, 0.1) is 0 Å². The Morgan fingerprint density at radius 1 is 0.889 bits per heavy atom. The average molecular weight is 355 g/mol. The predicted octanol–water partition coefficient (Wildman–Crippen LogP) is 3.97. The predicted molar refractivity (Wildman–Crippen MR) is 105 cm³/mol. The van der Waals surface area contributed by atoms with Crippen molar-refractivity contribution in [3.63, 3.8) is 0 Å². The van der Waals surface area contributed by atoms with Gasteiger partial charge >= 0.3 is 0 Å². The number of benzene rings is 1. The third-order valence-electron chi connectivity index (χ3n) is 4.27. The van der Waals surface area contributed by atoms with Gasteiger partial charge in [0.25, 0.3) is 5.56 Å². The molecule has 0 spiro atoms. The van der Waals surface area contributed by atoms with Crippen LogP contribution in [-0.2, 0) is 0 Å². The van der Waals surface area contributed by atoms with Crippen molar-refractivity contribution in [2.24, 2.45) is 0 Å². The van der Waals surface area contributed by atoms with Gasteiger partial charge in [-0.15, -0.1) is 0 Å². The molecule has 4 aromatic rings. The fourth-order valence-electron chi connectivity index (χ4n) is 2.90. The Hall–Kier alpha value is -3.73. The third-order valence-corrected chi connectivity index (χ3v) is 4.27. The van der Waals surface area contributed by atoms with Crippen molar-refractivity contribution in [3.8, 4) is 34.0 Å². The number of hydrogen-bond donors (Lipinski definition) is 0. The lowest BCUT2D eigenvalue weighted by Crippen LogP contribution is -2.20. The number of rotatable bonds is 4. The fraction of sp³-hybridized carbons (Fsp3) is 0.0455. The molecule has 0 aliphatic heterocycles. The molecule has 0 amide bonds. The van der Waals surface area contributed by atoms with Gasteiger partial charge in [-0.3, -0.25) is 14.3 Å². The lowest BCUT2D eigenvalue weighted by Gasteiger charge is -2.12. The third kappa shape index (κ3) is 3.35. The van der Waals surface area contributed by atoms with Crippen molar-refractivity contribution >= 4 is 0 Å². The van der Waals surface area contributed by atoms with Crippen LogP contribution in [0.5, 0.6) is 5.88 Å². The van der Waals surface area contributed by atoms with Crippen molar-refractivity contribution in [2.45, 2.75) is 0 Å². The quantitative estimate of drug-likeness (QED) is 0.556. The minimum atomic E-state index is -0.118. The average Bonchev–Trinajstić information content (AvgIpc) is 2.75. The molecule has 0 aliphatic carbocycles. The van der Waals surface area contributed by atoms with Crippen molar-refractivity contribution in [1.82, 2.24) is 14.5 Å². The van der Waals surface area contributed by atoms with E-state index in [0.29, 0.717) is 11.4 Å². The first-order valence-electron chi connectivity index (χ1n) is 8.50. The van der Waals surface area contributed by atoms with Gasteiger partial charge in [-0.25, -0.2) is 4.98 Å². The Morgan fingerprint density at radius 3 is 2.37 bits per heavy atom. The number of ether oxygens (including phenoxy) is 1. The van der Waals surface area contributed by atoms with E-state index in [-0.39, 0.29) is 5.56 Å².